The molecule has 92 valence electrons. The minimum atomic E-state index is 0.343. The normalized spacial score (nSPS) is 31.5. The minimum absolute atomic E-state index is 0.343. The average Bonchev–Trinajstić information content (AvgIpc) is 2.55. The smallest absolute Gasteiger partial charge is 0.0739 e. The summed E-state index contributed by atoms with van der Waals surface area (Å²) in [4.78, 5) is 0. The van der Waals surface area contributed by atoms with Gasteiger partial charge in [-0.25, -0.2) is 0 Å². The van der Waals surface area contributed by atoms with Gasteiger partial charge in [-0.2, -0.15) is 0 Å². The van der Waals surface area contributed by atoms with Gasteiger partial charge in [0.2, 0.25) is 0 Å². The third-order valence-electron chi connectivity index (χ3n) is 4.00. The Morgan fingerprint density at radius 3 is 2.38 bits per heavy atom. The van der Waals surface area contributed by atoms with Crippen molar-refractivity contribution in [3.8, 4) is 0 Å². The van der Waals surface area contributed by atoms with Crippen LogP contribution < -0.4 is 5.32 Å². The van der Waals surface area contributed by atoms with Crippen molar-refractivity contribution in [2.75, 3.05) is 0 Å². The molecule has 0 amide bonds. The van der Waals surface area contributed by atoms with Gasteiger partial charge in [-0.1, -0.05) is 37.3 Å². The predicted octanol–water partition coefficient (Wildman–Crippen LogP) is 3.07. The maximum atomic E-state index is 9.06. The number of nitrogens with zero attached hydrogens (tertiary/aromatic N) is 1. The number of oxime groups is 1. The molecule has 2 saturated carbocycles. The Kier molecular flexibility index (Phi) is 4.64. The molecular formula is C13H24N2O. The number of nitrogens with one attached hydrogen (secondary N) is 1. The van der Waals surface area contributed by atoms with Gasteiger partial charge in [0.25, 0.3) is 0 Å². The first kappa shape index (κ1) is 11.9. The molecule has 0 heterocycles. The van der Waals surface area contributed by atoms with E-state index in [1.165, 1.54) is 51.4 Å². The number of hydrogen-bond donors (Lipinski definition) is 2. The molecule has 1 unspecified atom stereocenters. The van der Waals surface area contributed by atoms with Crippen LogP contribution in [0.2, 0.25) is 0 Å². The van der Waals surface area contributed by atoms with Crippen LogP contribution in [-0.4, -0.2) is 23.0 Å². The predicted molar refractivity (Wildman–Crippen MR) is 66.1 cm³/mol. The molecule has 2 aliphatic rings. The fourth-order valence-corrected chi connectivity index (χ4v) is 3.03. The molecule has 3 nitrogen and oxygen atoms in total. The van der Waals surface area contributed by atoms with E-state index in [9.17, 15) is 0 Å². The van der Waals surface area contributed by atoms with Crippen molar-refractivity contribution < 1.29 is 5.21 Å². The zero-order valence-corrected chi connectivity index (χ0v) is 10.1. The summed E-state index contributed by atoms with van der Waals surface area (Å²) < 4.78 is 0. The van der Waals surface area contributed by atoms with E-state index < -0.39 is 0 Å². The van der Waals surface area contributed by atoms with Crippen LogP contribution in [0.4, 0.5) is 0 Å². The fraction of sp³-hybridized carbons (Fsp3) is 0.923. The molecule has 2 aliphatic carbocycles. The van der Waals surface area contributed by atoms with Crippen molar-refractivity contribution in [2.45, 2.75) is 76.3 Å². The van der Waals surface area contributed by atoms with Crippen molar-refractivity contribution in [1.29, 1.82) is 0 Å². The Hall–Kier alpha value is -0.570. The summed E-state index contributed by atoms with van der Waals surface area (Å²) in [6.07, 6.45) is 12.6. The molecule has 2 N–H and O–H groups in total. The fourth-order valence-electron chi connectivity index (χ4n) is 3.03. The van der Waals surface area contributed by atoms with Crippen LogP contribution in [0.1, 0.15) is 64.2 Å². The molecule has 2 fully saturated rings. The van der Waals surface area contributed by atoms with E-state index in [0.717, 1.165) is 18.6 Å². The molecule has 0 bridgehead atoms. The first-order valence-corrected chi connectivity index (χ1v) is 6.87. The molecule has 3 heteroatoms. The van der Waals surface area contributed by atoms with Crippen LogP contribution in [-0.2, 0) is 0 Å². The topological polar surface area (TPSA) is 44.6 Å². The highest BCUT2D eigenvalue weighted by Gasteiger charge is 2.23. The van der Waals surface area contributed by atoms with E-state index in [0.29, 0.717) is 12.1 Å². The Morgan fingerprint density at radius 1 is 0.938 bits per heavy atom. The van der Waals surface area contributed by atoms with Crippen LogP contribution in [0, 0.1) is 0 Å². The van der Waals surface area contributed by atoms with E-state index >= 15 is 0 Å². The van der Waals surface area contributed by atoms with Gasteiger partial charge in [-0.3, -0.25) is 0 Å². The van der Waals surface area contributed by atoms with Crippen LogP contribution in [0.25, 0.3) is 0 Å². The Balaban J connectivity index is 1.89. The van der Waals surface area contributed by atoms with Crippen molar-refractivity contribution in [3.05, 3.63) is 0 Å². The number of rotatable bonds is 2. The van der Waals surface area contributed by atoms with Crippen molar-refractivity contribution in [1.82, 2.24) is 5.32 Å². The van der Waals surface area contributed by atoms with Crippen LogP contribution >= 0.6 is 0 Å². The van der Waals surface area contributed by atoms with Crippen molar-refractivity contribution in [2.24, 2.45) is 5.16 Å². The SMILES string of the molecule is ON=C1CCCCCC1NC1CCCCC1. The van der Waals surface area contributed by atoms with E-state index in [4.69, 9.17) is 5.21 Å². The summed E-state index contributed by atoms with van der Waals surface area (Å²) in [5, 5.41) is 16.3. The molecule has 0 saturated heterocycles. The Bertz CT molecular complexity index is 234. The Labute approximate surface area is 98.3 Å². The minimum Gasteiger partial charge on any atom is -0.411 e. The molecule has 0 aromatic rings. The molecule has 0 spiro atoms. The molecule has 0 aromatic carbocycles. The maximum absolute atomic E-state index is 9.06. The quantitative estimate of drug-likeness (QED) is 0.430. The summed E-state index contributed by atoms with van der Waals surface area (Å²) in [5.74, 6) is 0. The van der Waals surface area contributed by atoms with Crippen molar-refractivity contribution in [3.63, 3.8) is 0 Å². The van der Waals surface area contributed by atoms with E-state index in [-0.39, 0.29) is 0 Å². The summed E-state index contributed by atoms with van der Waals surface area (Å²) in [5.41, 5.74) is 0.989. The van der Waals surface area contributed by atoms with Crippen LogP contribution in [0.5, 0.6) is 0 Å². The van der Waals surface area contributed by atoms with Crippen molar-refractivity contribution >= 4 is 5.71 Å². The van der Waals surface area contributed by atoms with E-state index in [2.05, 4.69) is 10.5 Å². The maximum Gasteiger partial charge on any atom is 0.0739 e. The third-order valence-corrected chi connectivity index (χ3v) is 4.00. The van der Waals surface area contributed by atoms with Gasteiger partial charge in [0, 0.05) is 12.1 Å². The van der Waals surface area contributed by atoms with Gasteiger partial charge < -0.3 is 10.5 Å². The molecule has 1 atom stereocenters. The lowest BCUT2D eigenvalue weighted by Crippen LogP contribution is -2.43. The zero-order valence-electron chi connectivity index (χ0n) is 10.1. The van der Waals surface area contributed by atoms with Gasteiger partial charge in [0.15, 0.2) is 0 Å². The summed E-state index contributed by atoms with van der Waals surface area (Å²) in [7, 11) is 0. The molecule has 0 aliphatic heterocycles. The molecule has 0 aromatic heterocycles. The molecule has 2 rings (SSSR count). The highest BCUT2D eigenvalue weighted by atomic mass is 16.4. The largest absolute Gasteiger partial charge is 0.411 e. The summed E-state index contributed by atoms with van der Waals surface area (Å²) in [6.45, 7) is 0. The van der Waals surface area contributed by atoms with E-state index in [1.807, 2.05) is 0 Å². The van der Waals surface area contributed by atoms with Crippen LogP contribution in [0.3, 0.4) is 0 Å². The number of hydrogen-bond acceptors (Lipinski definition) is 3. The second kappa shape index (κ2) is 6.24. The van der Waals surface area contributed by atoms with E-state index in [1.54, 1.807) is 0 Å². The highest BCUT2D eigenvalue weighted by Crippen LogP contribution is 2.21. The van der Waals surface area contributed by atoms with Gasteiger partial charge >= 0.3 is 0 Å². The first-order valence-electron chi connectivity index (χ1n) is 6.87. The first-order chi connectivity index (χ1) is 7.90. The molecular weight excluding hydrogens is 200 g/mol. The lowest BCUT2D eigenvalue weighted by molar-refractivity contribution is 0.308. The van der Waals surface area contributed by atoms with Gasteiger partial charge in [-0.15, -0.1) is 0 Å². The highest BCUT2D eigenvalue weighted by molar-refractivity contribution is 5.89. The van der Waals surface area contributed by atoms with Gasteiger partial charge in [0.1, 0.15) is 0 Å². The third kappa shape index (κ3) is 3.21. The Morgan fingerprint density at radius 2 is 1.62 bits per heavy atom. The molecule has 16 heavy (non-hydrogen) atoms. The van der Waals surface area contributed by atoms with Crippen LogP contribution in [0.15, 0.2) is 5.16 Å². The lowest BCUT2D eigenvalue weighted by atomic mass is 9.93. The van der Waals surface area contributed by atoms with Gasteiger partial charge in [-0.05, 0) is 32.1 Å². The standard InChI is InChI=1S/C13H24N2O/c16-15-13-10-6-2-5-9-12(13)14-11-7-3-1-4-8-11/h11-12,14,16H,1-10H2. The zero-order chi connectivity index (χ0) is 11.2. The average molecular weight is 224 g/mol. The summed E-state index contributed by atoms with van der Waals surface area (Å²) in [6, 6.07) is 1.00. The molecule has 0 radical (unpaired) electrons. The van der Waals surface area contributed by atoms with Gasteiger partial charge in [0.05, 0.1) is 5.71 Å². The lowest BCUT2D eigenvalue weighted by Gasteiger charge is -2.28. The summed E-state index contributed by atoms with van der Waals surface area (Å²) >= 11 is 0. The second-order valence-electron chi connectivity index (χ2n) is 5.24. The second-order valence-corrected chi connectivity index (χ2v) is 5.24. The monoisotopic (exact) mass is 224 g/mol.